The second kappa shape index (κ2) is 14.7. The molecule has 5 aromatic carbocycles. The van der Waals surface area contributed by atoms with E-state index in [0.717, 1.165) is 51.8 Å². The van der Waals surface area contributed by atoms with Gasteiger partial charge in [-0.15, -0.1) is 5.10 Å². The molecule has 0 atom stereocenters. The molecule has 0 aliphatic carbocycles. The Morgan fingerprint density at radius 3 is 1.73 bits per heavy atom. The molecular weight excluding hydrogens is 652 g/mol. The standard InChI is InChI=1S/C42H36N6O4/c1-2-3-23-36-43-37(40(49)50)38(41(51)52)47(36)28-29-24-26-30(27-25-29)34-21-13-14-22-35(34)39-44-45-46-48(39)42(31-15-7-4-8-16-31,32-17-9-5-10-18-32)33-19-11-6-12-20-33/h4-22,24-27H,2-3,23,28H2,1H3,(H,49,50)(H,51,52). The zero-order valence-corrected chi connectivity index (χ0v) is 28.5. The Kier molecular flexibility index (Phi) is 9.53. The number of tetrazole rings is 1. The molecule has 7 aromatic rings. The Morgan fingerprint density at radius 1 is 0.673 bits per heavy atom. The summed E-state index contributed by atoms with van der Waals surface area (Å²) in [5, 5.41) is 33.3. The summed E-state index contributed by atoms with van der Waals surface area (Å²) in [6.07, 6.45) is 2.09. The predicted octanol–water partition coefficient (Wildman–Crippen LogP) is 7.83. The van der Waals surface area contributed by atoms with Gasteiger partial charge in [0.2, 0.25) is 0 Å². The Morgan fingerprint density at radius 2 is 1.21 bits per heavy atom. The minimum Gasteiger partial charge on any atom is -0.476 e. The molecule has 258 valence electrons. The highest BCUT2D eigenvalue weighted by Crippen LogP contribution is 2.43. The molecule has 7 rings (SSSR count). The van der Waals surface area contributed by atoms with Crippen LogP contribution in [0.25, 0.3) is 22.5 Å². The van der Waals surface area contributed by atoms with E-state index in [1.165, 1.54) is 4.57 Å². The number of hydrogen-bond acceptors (Lipinski definition) is 6. The molecule has 2 N–H and O–H groups in total. The van der Waals surface area contributed by atoms with Gasteiger partial charge in [0.05, 0.1) is 0 Å². The summed E-state index contributed by atoms with van der Waals surface area (Å²) in [6, 6.07) is 46.5. The van der Waals surface area contributed by atoms with Crippen LogP contribution in [0.3, 0.4) is 0 Å². The van der Waals surface area contributed by atoms with Gasteiger partial charge >= 0.3 is 11.9 Å². The van der Waals surface area contributed by atoms with Crippen molar-refractivity contribution in [1.29, 1.82) is 0 Å². The van der Waals surface area contributed by atoms with Crippen LogP contribution in [0.1, 0.15) is 68.8 Å². The maximum atomic E-state index is 12.2. The van der Waals surface area contributed by atoms with Gasteiger partial charge in [0.1, 0.15) is 11.4 Å². The SMILES string of the molecule is CCCCc1nc(C(=O)O)c(C(=O)O)n1Cc1ccc(-c2ccccc2-c2nnnn2C(c2ccccc2)(c2ccccc2)c2ccccc2)cc1. The van der Waals surface area contributed by atoms with Crippen LogP contribution in [0.4, 0.5) is 0 Å². The van der Waals surface area contributed by atoms with Crippen molar-refractivity contribution in [3.05, 3.63) is 179 Å². The zero-order chi connectivity index (χ0) is 36.1. The monoisotopic (exact) mass is 688 g/mol. The van der Waals surface area contributed by atoms with Crippen molar-refractivity contribution < 1.29 is 19.8 Å². The van der Waals surface area contributed by atoms with Gasteiger partial charge in [-0.3, -0.25) is 0 Å². The van der Waals surface area contributed by atoms with Crippen LogP contribution in [0.5, 0.6) is 0 Å². The van der Waals surface area contributed by atoms with E-state index >= 15 is 0 Å². The quantitative estimate of drug-likeness (QED) is 0.117. The van der Waals surface area contributed by atoms with Gasteiger partial charge in [-0.25, -0.2) is 19.3 Å². The first-order valence-electron chi connectivity index (χ1n) is 17.1. The number of rotatable bonds is 13. The molecule has 0 spiro atoms. The van der Waals surface area contributed by atoms with E-state index < -0.39 is 23.2 Å². The number of carboxylic acids is 2. The molecule has 0 unspecified atom stereocenters. The number of carbonyl (C=O) groups is 2. The number of benzene rings is 5. The van der Waals surface area contributed by atoms with E-state index in [1.54, 1.807) is 0 Å². The molecule has 0 saturated heterocycles. The highest BCUT2D eigenvalue weighted by molar-refractivity contribution is 5.99. The molecule has 0 radical (unpaired) electrons. The van der Waals surface area contributed by atoms with Crippen molar-refractivity contribution in [1.82, 2.24) is 29.8 Å². The summed E-state index contributed by atoms with van der Waals surface area (Å²) in [5.74, 6) is -1.67. The Labute approximate surface area is 300 Å². The predicted molar refractivity (Wildman–Crippen MR) is 197 cm³/mol. The second-order valence-electron chi connectivity index (χ2n) is 12.5. The minimum atomic E-state index is -1.36. The first-order valence-corrected chi connectivity index (χ1v) is 17.1. The summed E-state index contributed by atoms with van der Waals surface area (Å²) in [6.45, 7) is 2.18. The van der Waals surface area contributed by atoms with Gasteiger partial charge in [-0.2, -0.15) is 0 Å². The van der Waals surface area contributed by atoms with Crippen LogP contribution < -0.4 is 0 Å². The third-order valence-corrected chi connectivity index (χ3v) is 9.34. The molecule has 2 heterocycles. The van der Waals surface area contributed by atoms with Crippen molar-refractivity contribution in [2.24, 2.45) is 0 Å². The zero-order valence-electron chi connectivity index (χ0n) is 28.5. The third-order valence-electron chi connectivity index (χ3n) is 9.34. The normalized spacial score (nSPS) is 11.4. The van der Waals surface area contributed by atoms with Crippen molar-refractivity contribution in [3.63, 3.8) is 0 Å². The third kappa shape index (κ3) is 6.15. The summed E-state index contributed by atoms with van der Waals surface area (Å²) < 4.78 is 3.42. The van der Waals surface area contributed by atoms with Crippen LogP contribution >= 0.6 is 0 Å². The maximum absolute atomic E-state index is 12.2. The smallest absolute Gasteiger partial charge is 0.357 e. The molecule has 0 aliphatic rings. The van der Waals surface area contributed by atoms with Crippen molar-refractivity contribution in [2.45, 2.75) is 38.3 Å². The lowest BCUT2D eigenvalue weighted by Crippen LogP contribution is -2.39. The number of imidazole rings is 1. The van der Waals surface area contributed by atoms with E-state index in [0.29, 0.717) is 18.1 Å². The van der Waals surface area contributed by atoms with E-state index in [4.69, 9.17) is 5.21 Å². The van der Waals surface area contributed by atoms with Gasteiger partial charge in [0, 0.05) is 18.5 Å². The Bertz CT molecular complexity index is 2220. The van der Waals surface area contributed by atoms with Gasteiger partial charge < -0.3 is 14.8 Å². The second-order valence-corrected chi connectivity index (χ2v) is 12.5. The summed E-state index contributed by atoms with van der Waals surface area (Å²) in [5.41, 5.74) is 4.72. The molecule has 0 saturated carbocycles. The van der Waals surface area contributed by atoms with Crippen LogP contribution in [-0.4, -0.2) is 51.9 Å². The number of carboxylic acid groups (broad SMARTS) is 2. The first-order chi connectivity index (χ1) is 25.4. The fourth-order valence-electron chi connectivity index (χ4n) is 6.95. The number of hydrogen-bond donors (Lipinski definition) is 2. The summed E-state index contributed by atoms with van der Waals surface area (Å²) in [4.78, 5) is 28.4. The van der Waals surface area contributed by atoms with Gasteiger partial charge in [-0.05, 0) is 50.2 Å². The molecule has 0 aliphatic heterocycles. The molecule has 10 nitrogen and oxygen atoms in total. The van der Waals surface area contributed by atoms with E-state index in [-0.39, 0.29) is 12.2 Å². The average molecular weight is 689 g/mol. The summed E-state index contributed by atoms with van der Waals surface area (Å²) >= 11 is 0. The van der Waals surface area contributed by atoms with Crippen LogP contribution in [0.2, 0.25) is 0 Å². The highest BCUT2D eigenvalue weighted by Gasteiger charge is 2.42. The number of aromatic carboxylic acids is 2. The molecule has 10 heteroatoms. The van der Waals surface area contributed by atoms with Crippen molar-refractivity contribution >= 4 is 11.9 Å². The lowest BCUT2D eigenvalue weighted by molar-refractivity contribution is 0.0640. The lowest BCUT2D eigenvalue weighted by Gasteiger charge is -2.36. The molecular formula is C42H36N6O4. The van der Waals surface area contributed by atoms with Gasteiger partial charge in [0.25, 0.3) is 0 Å². The molecule has 0 fully saturated rings. The molecule has 2 aromatic heterocycles. The van der Waals surface area contributed by atoms with Crippen molar-refractivity contribution in [2.75, 3.05) is 0 Å². The first kappa shape index (κ1) is 33.8. The topological polar surface area (TPSA) is 136 Å². The Hall–Kier alpha value is -6.68. The fourth-order valence-corrected chi connectivity index (χ4v) is 6.95. The number of nitrogens with zero attached hydrogens (tertiary/aromatic N) is 6. The number of aromatic nitrogens is 6. The average Bonchev–Trinajstić information content (AvgIpc) is 3.82. The fraction of sp³-hybridized carbons (Fsp3) is 0.143. The maximum Gasteiger partial charge on any atom is 0.357 e. The summed E-state index contributed by atoms with van der Waals surface area (Å²) in [7, 11) is 0. The van der Waals surface area contributed by atoms with Gasteiger partial charge in [0.15, 0.2) is 17.2 Å². The van der Waals surface area contributed by atoms with Gasteiger partial charge in [-0.1, -0.05) is 153 Å². The van der Waals surface area contributed by atoms with E-state index in [1.807, 2.05) is 115 Å². The molecule has 0 amide bonds. The lowest BCUT2D eigenvalue weighted by atomic mass is 9.77. The molecule has 0 bridgehead atoms. The number of unbranched alkanes of at least 4 members (excludes halogenated alkanes) is 1. The van der Waals surface area contributed by atoms with E-state index in [2.05, 4.69) is 51.7 Å². The van der Waals surface area contributed by atoms with E-state index in [9.17, 15) is 19.8 Å². The number of aryl methyl sites for hydroxylation is 1. The van der Waals surface area contributed by atoms with Crippen molar-refractivity contribution in [3.8, 4) is 22.5 Å². The largest absolute Gasteiger partial charge is 0.476 e. The van der Waals surface area contributed by atoms with Crippen LogP contribution in [0, 0.1) is 0 Å². The minimum absolute atomic E-state index is 0.162. The highest BCUT2D eigenvalue weighted by atomic mass is 16.4. The molecule has 52 heavy (non-hydrogen) atoms. The van der Waals surface area contributed by atoms with Crippen LogP contribution in [0.15, 0.2) is 140 Å². The van der Waals surface area contributed by atoms with Crippen LogP contribution in [-0.2, 0) is 18.5 Å². The Balaban J connectivity index is 1.33.